The lowest BCUT2D eigenvalue weighted by molar-refractivity contribution is 0.217. The van der Waals surface area contributed by atoms with Crippen molar-refractivity contribution in [2.75, 3.05) is 13.1 Å². The fraction of sp³-hybridized carbons (Fsp3) is 0.273. The van der Waals surface area contributed by atoms with Gasteiger partial charge in [0, 0.05) is 13.1 Å². The second kappa shape index (κ2) is 3.73. The molecule has 1 heterocycles. The van der Waals surface area contributed by atoms with Crippen LogP contribution in [0.3, 0.4) is 0 Å². The minimum Gasteiger partial charge on any atom is -0.388 e. The Hall–Kier alpha value is -1.12. The van der Waals surface area contributed by atoms with Gasteiger partial charge in [-0.25, -0.2) is 0 Å². The molecular weight excluding hydrogens is 162 g/mol. The summed E-state index contributed by atoms with van der Waals surface area (Å²) >= 11 is 0. The summed E-state index contributed by atoms with van der Waals surface area (Å²) in [5, 5.41) is 12.6. The number of aliphatic hydroxyl groups excluding tert-OH is 1. The topological polar surface area (TPSA) is 32.3 Å². The maximum absolute atomic E-state index is 9.40. The van der Waals surface area contributed by atoms with Crippen LogP contribution < -0.4 is 5.32 Å². The number of aliphatic hydroxyl groups is 1. The van der Waals surface area contributed by atoms with Gasteiger partial charge in [0.1, 0.15) is 0 Å². The molecule has 68 valence electrons. The van der Waals surface area contributed by atoms with Crippen molar-refractivity contribution in [3.8, 4) is 0 Å². The van der Waals surface area contributed by atoms with Crippen LogP contribution >= 0.6 is 0 Å². The molecule has 2 N–H and O–H groups in total. The molecule has 1 aromatic rings. The molecule has 2 heteroatoms. The Labute approximate surface area is 77.9 Å². The van der Waals surface area contributed by atoms with Gasteiger partial charge in [0.2, 0.25) is 0 Å². The van der Waals surface area contributed by atoms with Crippen LogP contribution in [-0.2, 0) is 0 Å². The van der Waals surface area contributed by atoms with Gasteiger partial charge < -0.3 is 10.4 Å². The normalized spacial score (nSPS) is 22.5. The van der Waals surface area contributed by atoms with Crippen LogP contribution in [0.5, 0.6) is 0 Å². The molecule has 13 heavy (non-hydrogen) atoms. The molecule has 2 rings (SSSR count). The lowest BCUT2D eigenvalue weighted by Gasteiger charge is -2.18. The monoisotopic (exact) mass is 175 g/mol. The van der Waals surface area contributed by atoms with Crippen LogP contribution in [0.15, 0.2) is 36.4 Å². The van der Waals surface area contributed by atoms with Gasteiger partial charge in [0.15, 0.2) is 0 Å². The van der Waals surface area contributed by atoms with Crippen LogP contribution in [-0.4, -0.2) is 24.3 Å². The Morgan fingerprint density at radius 2 is 2.00 bits per heavy atom. The maximum Gasteiger partial charge on any atom is 0.0851 e. The molecule has 0 fully saturated rings. The van der Waals surface area contributed by atoms with Crippen molar-refractivity contribution in [3.63, 3.8) is 0 Å². The van der Waals surface area contributed by atoms with E-state index >= 15 is 0 Å². The lowest BCUT2D eigenvalue weighted by Crippen LogP contribution is -2.31. The molecule has 0 saturated heterocycles. The first-order valence-corrected chi connectivity index (χ1v) is 4.51. The lowest BCUT2D eigenvalue weighted by atomic mass is 10.0. The number of nitrogens with one attached hydrogen (secondary N) is 1. The largest absolute Gasteiger partial charge is 0.388 e. The number of hydrogen-bond donors (Lipinski definition) is 2. The molecule has 1 unspecified atom stereocenters. The Morgan fingerprint density at radius 3 is 2.69 bits per heavy atom. The predicted molar refractivity (Wildman–Crippen MR) is 53.3 cm³/mol. The fourth-order valence-electron chi connectivity index (χ4n) is 1.56. The van der Waals surface area contributed by atoms with Gasteiger partial charge in [0.25, 0.3) is 0 Å². The molecule has 0 radical (unpaired) electrons. The highest BCUT2D eigenvalue weighted by molar-refractivity contribution is 5.68. The van der Waals surface area contributed by atoms with Crippen LogP contribution in [0.4, 0.5) is 0 Å². The highest BCUT2D eigenvalue weighted by Crippen LogP contribution is 2.15. The van der Waals surface area contributed by atoms with E-state index in [9.17, 15) is 5.11 Å². The van der Waals surface area contributed by atoms with E-state index in [0.29, 0.717) is 6.54 Å². The Kier molecular flexibility index (Phi) is 2.43. The summed E-state index contributed by atoms with van der Waals surface area (Å²) in [6.45, 7) is 1.51. The summed E-state index contributed by atoms with van der Waals surface area (Å²) in [7, 11) is 0. The SMILES string of the molecule is OC1C=C(c2ccccc2)CNC1. The standard InChI is InChI=1S/C11H13NO/c13-11-6-10(7-12-8-11)9-4-2-1-3-5-9/h1-6,11-13H,7-8H2. The molecule has 1 aromatic carbocycles. The minimum atomic E-state index is -0.344. The molecule has 0 amide bonds. The van der Waals surface area contributed by atoms with Crippen molar-refractivity contribution in [2.45, 2.75) is 6.10 Å². The average molecular weight is 175 g/mol. The molecule has 0 spiro atoms. The Morgan fingerprint density at radius 1 is 1.23 bits per heavy atom. The van der Waals surface area contributed by atoms with Gasteiger partial charge in [-0.1, -0.05) is 30.3 Å². The number of benzene rings is 1. The van der Waals surface area contributed by atoms with Gasteiger partial charge in [0.05, 0.1) is 6.10 Å². The minimum absolute atomic E-state index is 0.344. The smallest absolute Gasteiger partial charge is 0.0851 e. The molecule has 0 aliphatic carbocycles. The summed E-state index contributed by atoms with van der Waals surface area (Å²) in [4.78, 5) is 0. The molecule has 0 bridgehead atoms. The van der Waals surface area contributed by atoms with Crippen LogP contribution in [0.1, 0.15) is 5.56 Å². The summed E-state index contributed by atoms with van der Waals surface area (Å²) in [5.41, 5.74) is 2.37. The van der Waals surface area contributed by atoms with E-state index in [0.717, 1.165) is 6.54 Å². The second-order valence-electron chi connectivity index (χ2n) is 3.26. The first kappa shape index (κ1) is 8.48. The molecule has 1 atom stereocenters. The van der Waals surface area contributed by atoms with Gasteiger partial charge in [-0.2, -0.15) is 0 Å². The Balaban J connectivity index is 2.26. The fourth-order valence-corrected chi connectivity index (χ4v) is 1.56. The van der Waals surface area contributed by atoms with Crippen molar-refractivity contribution < 1.29 is 5.11 Å². The highest BCUT2D eigenvalue weighted by Gasteiger charge is 2.10. The zero-order valence-corrected chi connectivity index (χ0v) is 7.40. The van der Waals surface area contributed by atoms with E-state index in [4.69, 9.17) is 0 Å². The quantitative estimate of drug-likeness (QED) is 0.668. The van der Waals surface area contributed by atoms with E-state index < -0.39 is 0 Å². The number of rotatable bonds is 1. The summed E-state index contributed by atoms with van der Waals surface area (Å²) in [5.74, 6) is 0. The first-order chi connectivity index (χ1) is 6.36. The van der Waals surface area contributed by atoms with Gasteiger partial charge >= 0.3 is 0 Å². The van der Waals surface area contributed by atoms with Gasteiger partial charge in [-0.3, -0.25) is 0 Å². The van der Waals surface area contributed by atoms with E-state index in [2.05, 4.69) is 17.4 Å². The molecule has 1 aliphatic rings. The second-order valence-corrected chi connectivity index (χ2v) is 3.26. The van der Waals surface area contributed by atoms with Crippen LogP contribution in [0, 0.1) is 0 Å². The highest BCUT2D eigenvalue weighted by atomic mass is 16.3. The number of hydrogen-bond acceptors (Lipinski definition) is 2. The van der Waals surface area contributed by atoms with E-state index in [1.807, 2.05) is 24.3 Å². The molecule has 0 saturated carbocycles. The third-order valence-electron chi connectivity index (χ3n) is 2.21. The maximum atomic E-state index is 9.40. The summed E-state index contributed by atoms with van der Waals surface area (Å²) < 4.78 is 0. The molecule has 1 aliphatic heterocycles. The molecule has 2 nitrogen and oxygen atoms in total. The van der Waals surface area contributed by atoms with E-state index in [1.54, 1.807) is 0 Å². The van der Waals surface area contributed by atoms with Crippen LogP contribution in [0.25, 0.3) is 5.57 Å². The van der Waals surface area contributed by atoms with Gasteiger partial charge in [-0.15, -0.1) is 0 Å². The van der Waals surface area contributed by atoms with Crippen molar-refractivity contribution in [3.05, 3.63) is 42.0 Å². The summed E-state index contributed by atoms with van der Waals surface area (Å²) in [6.07, 6.45) is 1.58. The third-order valence-corrected chi connectivity index (χ3v) is 2.21. The van der Waals surface area contributed by atoms with Crippen molar-refractivity contribution >= 4 is 5.57 Å². The zero-order chi connectivity index (χ0) is 9.10. The average Bonchev–Trinajstić information content (AvgIpc) is 2.19. The summed E-state index contributed by atoms with van der Waals surface area (Å²) in [6, 6.07) is 10.1. The molecular formula is C11H13NO. The van der Waals surface area contributed by atoms with E-state index in [1.165, 1.54) is 11.1 Å². The van der Waals surface area contributed by atoms with E-state index in [-0.39, 0.29) is 6.10 Å². The predicted octanol–water partition coefficient (Wildman–Crippen LogP) is 1.03. The number of β-amino-alcohol motifs (C(OH)–C–C–N with tert-alkyl or cyclic N) is 1. The van der Waals surface area contributed by atoms with Gasteiger partial charge in [-0.05, 0) is 17.2 Å². The van der Waals surface area contributed by atoms with Crippen molar-refractivity contribution in [2.24, 2.45) is 0 Å². The first-order valence-electron chi connectivity index (χ1n) is 4.51. The Bertz CT molecular complexity index is 305. The molecule has 0 aromatic heterocycles. The zero-order valence-electron chi connectivity index (χ0n) is 7.40. The third kappa shape index (κ3) is 1.97. The van der Waals surface area contributed by atoms with Crippen molar-refractivity contribution in [1.29, 1.82) is 0 Å². The van der Waals surface area contributed by atoms with Crippen LogP contribution in [0.2, 0.25) is 0 Å². The van der Waals surface area contributed by atoms with Crippen molar-refractivity contribution in [1.82, 2.24) is 5.32 Å².